The summed E-state index contributed by atoms with van der Waals surface area (Å²) >= 11 is 0. The highest BCUT2D eigenvalue weighted by Crippen LogP contribution is 2.36. The minimum absolute atomic E-state index is 0.0532. The van der Waals surface area contributed by atoms with Gasteiger partial charge in [-0.25, -0.2) is 0 Å². The van der Waals surface area contributed by atoms with Gasteiger partial charge in [0.2, 0.25) is 0 Å². The molecule has 0 bridgehead atoms. The third-order valence-corrected chi connectivity index (χ3v) is 2.40. The van der Waals surface area contributed by atoms with Crippen molar-refractivity contribution in [2.24, 2.45) is 11.8 Å². The highest BCUT2D eigenvalue weighted by atomic mass is 16.5. The summed E-state index contributed by atoms with van der Waals surface area (Å²) in [4.78, 5) is 10.8. The van der Waals surface area contributed by atoms with Gasteiger partial charge in [-0.1, -0.05) is 6.42 Å². The molecule has 0 unspecified atom stereocenters. The Morgan fingerprint density at radius 3 is 3.11 bits per heavy atom. The number of carbonyl (C=O) groups is 1. The van der Waals surface area contributed by atoms with Crippen molar-refractivity contribution in [2.45, 2.75) is 19.3 Å². The second-order valence-electron chi connectivity index (χ2n) is 2.93. The highest BCUT2D eigenvalue weighted by Gasteiger charge is 2.39. The molecule has 0 spiro atoms. The summed E-state index contributed by atoms with van der Waals surface area (Å²) in [6.45, 7) is 0.698. The number of hydrogen-bond donors (Lipinski definition) is 0. The molecule has 2 aliphatic rings. The first-order valence-corrected chi connectivity index (χ1v) is 3.54. The van der Waals surface area contributed by atoms with Crippen molar-refractivity contribution in [3.8, 4) is 0 Å². The van der Waals surface area contributed by atoms with Crippen LogP contribution in [0.4, 0.5) is 0 Å². The summed E-state index contributed by atoms with van der Waals surface area (Å²) < 4.78 is 4.88. The average Bonchev–Trinajstić information content (AvgIpc) is 2.35. The fourth-order valence-electron chi connectivity index (χ4n) is 1.84. The molecule has 0 aromatic carbocycles. The monoisotopic (exact) mass is 126 g/mol. The van der Waals surface area contributed by atoms with Gasteiger partial charge in [0.25, 0.3) is 0 Å². The second-order valence-corrected chi connectivity index (χ2v) is 2.93. The lowest BCUT2D eigenvalue weighted by Gasteiger charge is -1.97. The Bertz CT molecular complexity index is 142. The maximum atomic E-state index is 10.8. The Kier molecular flexibility index (Phi) is 1.01. The van der Waals surface area contributed by atoms with Gasteiger partial charge in [-0.2, -0.15) is 0 Å². The van der Waals surface area contributed by atoms with Crippen LogP contribution < -0.4 is 0 Å². The quantitative estimate of drug-likeness (QED) is 0.452. The lowest BCUT2D eigenvalue weighted by Crippen LogP contribution is -2.07. The maximum Gasteiger partial charge on any atom is 0.309 e. The highest BCUT2D eigenvalue weighted by molar-refractivity contribution is 5.75. The van der Waals surface area contributed by atoms with Crippen molar-refractivity contribution >= 4 is 5.97 Å². The number of hydrogen-bond acceptors (Lipinski definition) is 2. The smallest absolute Gasteiger partial charge is 0.309 e. The summed E-state index contributed by atoms with van der Waals surface area (Å²) in [5.41, 5.74) is 0. The van der Waals surface area contributed by atoms with Gasteiger partial charge in [0.15, 0.2) is 0 Å². The van der Waals surface area contributed by atoms with Gasteiger partial charge in [-0.3, -0.25) is 4.79 Å². The van der Waals surface area contributed by atoms with Gasteiger partial charge in [0.1, 0.15) is 0 Å². The van der Waals surface area contributed by atoms with E-state index in [1.165, 1.54) is 12.8 Å². The molecule has 0 aromatic heterocycles. The van der Waals surface area contributed by atoms with Crippen LogP contribution in [0.15, 0.2) is 0 Å². The third kappa shape index (κ3) is 0.655. The standard InChI is InChI=1S/C7H10O2/c8-7-6-3-1-2-5(6)4-9-7/h5-6H,1-4H2/t5-,6-/m0/s1. The van der Waals surface area contributed by atoms with Crippen LogP contribution in [0, 0.1) is 11.8 Å². The van der Waals surface area contributed by atoms with Gasteiger partial charge in [-0.05, 0) is 12.8 Å². The minimum atomic E-state index is 0.0532. The predicted molar refractivity (Wildman–Crippen MR) is 31.8 cm³/mol. The van der Waals surface area contributed by atoms with E-state index in [1.54, 1.807) is 0 Å². The van der Waals surface area contributed by atoms with Crippen LogP contribution in [0.1, 0.15) is 19.3 Å². The number of cyclic esters (lactones) is 1. The molecule has 0 radical (unpaired) electrons. The summed E-state index contributed by atoms with van der Waals surface area (Å²) in [6.07, 6.45) is 3.50. The predicted octanol–water partition coefficient (Wildman–Crippen LogP) is 0.960. The van der Waals surface area contributed by atoms with E-state index >= 15 is 0 Å². The number of fused-ring (bicyclic) bond motifs is 1. The molecule has 2 fully saturated rings. The molecule has 2 nitrogen and oxygen atoms in total. The first-order valence-electron chi connectivity index (χ1n) is 3.54. The molecule has 2 atom stereocenters. The van der Waals surface area contributed by atoms with E-state index in [4.69, 9.17) is 4.74 Å². The van der Waals surface area contributed by atoms with E-state index in [9.17, 15) is 4.79 Å². The van der Waals surface area contributed by atoms with E-state index in [2.05, 4.69) is 0 Å². The molecule has 50 valence electrons. The fourth-order valence-corrected chi connectivity index (χ4v) is 1.84. The number of ether oxygens (including phenoxy) is 1. The largest absolute Gasteiger partial charge is 0.465 e. The topological polar surface area (TPSA) is 26.3 Å². The van der Waals surface area contributed by atoms with Crippen LogP contribution in [0.2, 0.25) is 0 Å². The molecular formula is C7H10O2. The van der Waals surface area contributed by atoms with Crippen LogP contribution in [-0.4, -0.2) is 12.6 Å². The maximum absolute atomic E-state index is 10.8. The molecule has 0 amide bonds. The summed E-state index contributed by atoms with van der Waals surface area (Å²) in [5, 5.41) is 0. The zero-order valence-corrected chi connectivity index (χ0v) is 5.30. The zero-order chi connectivity index (χ0) is 6.27. The molecule has 1 aliphatic heterocycles. The summed E-state index contributed by atoms with van der Waals surface area (Å²) in [5.74, 6) is 0.917. The minimum Gasteiger partial charge on any atom is -0.465 e. The van der Waals surface area contributed by atoms with Crippen molar-refractivity contribution < 1.29 is 9.53 Å². The molecular weight excluding hydrogens is 116 g/mol. The first kappa shape index (κ1) is 5.27. The molecule has 0 N–H and O–H groups in total. The van der Waals surface area contributed by atoms with Crippen molar-refractivity contribution in [3.05, 3.63) is 0 Å². The van der Waals surface area contributed by atoms with Crippen LogP contribution in [-0.2, 0) is 9.53 Å². The molecule has 2 rings (SSSR count). The Morgan fingerprint density at radius 2 is 2.33 bits per heavy atom. The van der Waals surface area contributed by atoms with Crippen molar-refractivity contribution in [2.75, 3.05) is 6.61 Å². The SMILES string of the molecule is O=C1OC[C@@H]2CCC[C@H]12. The third-order valence-electron chi connectivity index (χ3n) is 2.40. The van der Waals surface area contributed by atoms with Gasteiger partial charge >= 0.3 is 5.97 Å². The fraction of sp³-hybridized carbons (Fsp3) is 0.857. The summed E-state index contributed by atoms with van der Waals surface area (Å²) in [7, 11) is 0. The zero-order valence-electron chi connectivity index (χ0n) is 5.30. The Hall–Kier alpha value is -0.530. The van der Waals surface area contributed by atoms with Crippen LogP contribution in [0.25, 0.3) is 0 Å². The molecule has 0 aromatic rings. The number of esters is 1. The first-order chi connectivity index (χ1) is 4.38. The van der Waals surface area contributed by atoms with E-state index in [0.717, 1.165) is 6.42 Å². The molecule has 1 aliphatic carbocycles. The normalized spacial score (nSPS) is 40.7. The van der Waals surface area contributed by atoms with Crippen molar-refractivity contribution in [3.63, 3.8) is 0 Å². The van der Waals surface area contributed by atoms with Gasteiger partial charge in [0, 0.05) is 5.92 Å². The Balaban J connectivity index is 2.15. The lowest BCUT2D eigenvalue weighted by atomic mass is 10.0. The van der Waals surface area contributed by atoms with E-state index in [-0.39, 0.29) is 11.9 Å². The average molecular weight is 126 g/mol. The molecule has 9 heavy (non-hydrogen) atoms. The lowest BCUT2D eigenvalue weighted by molar-refractivity contribution is -0.141. The van der Waals surface area contributed by atoms with Gasteiger partial charge < -0.3 is 4.74 Å². The molecule has 1 heterocycles. The second kappa shape index (κ2) is 1.72. The van der Waals surface area contributed by atoms with E-state index in [1.807, 2.05) is 0 Å². The van der Waals surface area contributed by atoms with Crippen LogP contribution in [0.5, 0.6) is 0 Å². The van der Waals surface area contributed by atoms with Crippen LogP contribution >= 0.6 is 0 Å². The van der Waals surface area contributed by atoms with Crippen molar-refractivity contribution in [1.29, 1.82) is 0 Å². The van der Waals surface area contributed by atoms with Gasteiger partial charge in [-0.15, -0.1) is 0 Å². The molecule has 1 saturated carbocycles. The molecule has 2 heteroatoms. The van der Waals surface area contributed by atoms with Crippen molar-refractivity contribution in [1.82, 2.24) is 0 Å². The van der Waals surface area contributed by atoms with Gasteiger partial charge in [0.05, 0.1) is 12.5 Å². The molecule has 1 saturated heterocycles. The Labute approximate surface area is 54.2 Å². The number of carbonyl (C=O) groups excluding carboxylic acids is 1. The number of rotatable bonds is 0. The Morgan fingerprint density at radius 1 is 1.44 bits per heavy atom. The van der Waals surface area contributed by atoms with E-state index < -0.39 is 0 Å². The van der Waals surface area contributed by atoms with Crippen LogP contribution in [0.3, 0.4) is 0 Å². The summed E-state index contributed by atoms with van der Waals surface area (Å²) in [6, 6.07) is 0. The van der Waals surface area contributed by atoms with E-state index in [0.29, 0.717) is 12.5 Å².